The molecule has 1 unspecified atom stereocenters. The van der Waals surface area contributed by atoms with Crippen molar-refractivity contribution in [3.63, 3.8) is 0 Å². The van der Waals surface area contributed by atoms with E-state index in [1.54, 1.807) is 17.0 Å². The van der Waals surface area contributed by atoms with E-state index in [4.69, 9.17) is 4.74 Å². The van der Waals surface area contributed by atoms with Gasteiger partial charge >= 0.3 is 5.97 Å². The normalized spacial score (nSPS) is 19.4. The number of likely N-dealkylation sites (tertiary alicyclic amines) is 1. The Balaban J connectivity index is 1.48. The Kier molecular flexibility index (Phi) is 11.7. The Bertz CT molecular complexity index is 924. The van der Waals surface area contributed by atoms with Crippen LogP contribution in [0.5, 0.6) is 5.75 Å². The molecule has 192 valence electrons. The molecule has 2 aliphatic rings. The van der Waals surface area contributed by atoms with Gasteiger partial charge in [0.2, 0.25) is 5.91 Å². The Morgan fingerprint density at radius 3 is 2.43 bits per heavy atom. The molecule has 0 aromatic heterocycles. The van der Waals surface area contributed by atoms with Crippen LogP contribution in [-0.2, 0) is 20.5 Å². The molecule has 2 aliphatic heterocycles. The average molecular weight is 500 g/mol. The molecular weight excluding hydrogens is 458 g/mol. The number of rotatable bonds is 14. The second-order valence-corrected chi connectivity index (χ2v) is 10.9. The molecule has 6 nitrogen and oxygen atoms in total. The lowest BCUT2D eigenvalue weighted by Crippen LogP contribution is -2.42. The van der Waals surface area contributed by atoms with E-state index in [-0.39, 0.29) is 22.8 Å². The zero-order valence-electron chi connectivity index (χ0n) is 21.4. The first-order chi connectivity index (χ1) is 17.1. The van der Waals surface area contributed by atoms with Crippen molar-refractivity contribution in [3.8, 4) is 5.75 Å². The summed E-state index contributed by atoms with van der Waals surface area (Å²) in [4.78, 5) is 27.0. The molecule has 1 aromatic rings. The van der Waals surface area contributed by atoms with E-state index in [0.717, 1.165) is 42.6 Å². The van der Waals surface area contributed by atoms with Gasteiger partial charge in [0.15, 0.2) is 0 Å². The third-order valence-electron chi connectivity index (χ3n) is 6.55. The lowest BCUT2D eigenvalue weighted by atomic mass is 10.1. The van der Waals surface area contributed by atoms with Crippen molar-refractivity contribution in [2.75, 3.05) is 12.3 Å². The Hall–Kier alpha value is -2.28. The minimum absolute atomic E-state index is 0.0658. The zero-order chi connectivity index (χ0) is 24.9. The van der Waals surface area contributed by atoms with Gasteiger partial charge in [-0.15, -0.1) is 0 Å². The second kappa shape index (κ2) is 15.0. The largest absolute Gasteiger partial charge is 0.425 e. The Morgan fingerprint density at radius 1 is 1.00 bits per heavy atom. The van der Waals surface area contributed by atoms with Crippen molar-refractivity contribution in [3.05, 3.63) is 36.0 Å². The number of ether oxygens (including phenoxy) is 1. The summed E-state index contributed by atoms with van der Waals surface area (Å²) in [5.41, 5.74) is 1.96. The third-order valence-corrected chi connectivity index (χ3v) is 7.90. The third kappa shape index (κ3) is 8.71. The van der Waals surface area contributed by atoms with Crippen LogP contribution in [0.3, 0.4) is 0 Å². The molecular formula is C28H41N3O3S. The smallest absolute Gasteiger partial charge is 0.334 e. The van der Waals surface area contributed by atoms with E-state index in [9.17, 15) is 9.59 Å². The minimum atomic E-state index is -0.472. The van der Waals surface area contributed by atoms with Crippen molar-refractivity contribution < 1.29 is 14.3 Å². The molecule has 35 heavy (non-hydrogen) atoms. The summed E-state index contributed by atoms with van der Waals surface area (Å²) in [6, 6.07) is 6.98. The van der Waals surface area contributed by atoms with Gasteiger partial charge in [-0.3, -0.25) is 4.79 Å². The van der Waals surface area contributed by atoms with Crippen LogP contribution in [0.4, 0.5) is 0 Å². The van der Waals surface area contributed by atoms with Gasteiger partial charge in [-0.25, -0.2) is 13.6 Å². The quantitative estimate of drug-likeness (QED) is 0.163. The van der Waals surface area contributed by atoms with Crippen LogP contribution >= 0.6 is 0 Å². The van der Waals surface area contributed by atoms with Gasteiger partial charge in [0.25, 0.3) is 0 Å². The first kappa shape index (κ1) is 27.3. The predicted molar refractivity (Wildman–Crippen MR) is 145 cm³/mol. The summed E-state index contributed by atoms with van der Waals surface area (Å²) < 4.78 is 14.9. The molecule has 0 saturated carbocycles. The van der Waals surface area contributed by atoms with Crippen LogP contribution in [0.1, 0.15) is 96.5 Å². The van der Waals surface area contributed by atoms with Gasteiger partial charge < -0.3 is 9.64 Å². The maximum Gasteiger partial charge on any atom is 0.334 e. The molecule has 7 heteroatoms. The fourth-order valence-electron chi connectivity index (χ4n) is 4.44. The number of unbranched alkanes of at least 4 members (excludes halogenated alkanes) is 7. The minimum Gasteiger partial charge on any atom is -0.425 e. The molecule has 0 aliphatic carbocycles. The molecule has 0 radical (unpaired) electrons. The van der Waals surface area contributed by atoms with Gasteiger partial charge in [0.1, 0.15) is 11.8 Å². The van der Waals surface area contributed by atoms with Crippen LogP contribution < -0.4 is 4.74 Å². The van der Waals surface area contributed by atoms with E-state index < -0.39 is 6.04 Å². The first-order valence-electron chi connectivity index (χ1n) is 13.4. The highest BCUT2D eigenvalue weighted by atomic mass is 32.2. The van der Waals surface area contributed by atoms with Crippen LogP contribution in [0.15, 0.2) is 39.2 Å². The van der Waals surface area contributed by atoms with Crippen LogP contribution in [0.25, 0.3) is 5.57 Å². The number of benzene rings is 1. The molecule has 1 aromatic carbocycles. The molecule has 1 saturated heterocycles. The van der Waals surface area contributed by atoms with Crippen LogP contribution in [0, 0.1) is 0 Å². The van der Waals surface area contributed by atoms with Crippen molar-refractivity contribution in [2.24, 2.45) is 8.76 Å². The summed E-state index contributed by atoms with van der Waals surface area (Å²) in [7, 11) is -0.254. The Morgan fingerprint density at radius 2 is 1.71 bits per heavy atom. The van der Waals surface area contributed by atoms with E-state index in [1.165, 1.54) is 38.5 Å². The standard InChI is InChI=1S/C28H41N3O3S/c1-3-5-7-8-9-11-20-35-29-21-24(22-30-35)23-15-17-25(18-16-23)34-28(33)26-13-12-19-31(26)27(32)14-10-6-4-2/h15-18,21-22,26H,3-14,19-20H2,1-2H3/t26-/m0/s1. The number of hydrogen-bond acceptors (Lipinski definition) is 5. The molecule has 1 amide bonds. The van der Waals surface area contributed by atoms with Gasteiger partial charge in [-0.05, 0) is 43.4 Å². The summed E-state index contributed by atoms with van der Waals surface area (Å²) >= 11 is 0. The number of allylic oxidation sites excluding steroid dienone is 1. The molecule has 0 N–H and O–H groups in total. The van der Waals surface area contributed by atoms with Crippen molar-refractivity contribution >= 4 is 34.5 Å². The van der Waals surface area contributed by atoms with Crippen molar-refractivity contribution in [1.29, 1.82) is 0 Å². The molecule has 0 spiro atoms. The summed E-state index contributed by atoms with van der Waals surface area (Å²) in [6.45, 7) is 5.00. The number of hydrogen-bond donors (Lipinski definition) is 0. The summed E-state index contributed by atoms with van der Waals surface area (Å²) in [5.74, 6) is 1.25. The zero-order valence-corrected chi connectivity index (χ0v) is 22.2. The fraction of sp³-hybridized carbons (Fsp3) is 0.607. The van der Waals surface area contributed by atoms with E-state index in [1.807, 2.05) is 24.5 Å². The Labute approximate surface area is 213 Å². The van der Waals surface area contributed by atoms with Gasteiger partial charge in [0, 0.05) is 47.6 Å². The highest BCUT2D eigenvalue weighted by Gasteiger charge is 2.35. The molecule has 1 fully saturated rings. The highest BCUT2D eigenvalue weighted by Crippen LogP contribution is 2.24. The van der Waals surface area contributed by atoms with Crippen LogP contribution in [0.2, 0.25) is 0 Å². The van der Waals surface area contributed by atoms with Gasteiger partial charge in [0.05, 0.1) is 0 Å². The molecule has 2 heterocycles. The molecule has 3 rings (SSSR count). The number of amides is 1. The highest BCUT2D eigenvalue weighted by molar-refractivity contribution is 7.86. The number of nitrogens with zero attached hydrogens (tertiary/aromatic N) is 3. The maximum absolute atomic E-state index is 12.8. The lowest BCUT2D eigenvalue weighted by Gasteiger charge is -2.23. The SMILES string of the molecule is CCCCCCCCS1=NC=C(c2ccc(OC(=O)[C@@H]3CCCN3C(=O)CCCCC)cc2)C=N1. The molecule has 2 atom stereocenters. The van der Waals surface area contributed by atoms with E-state index in [0.29, 0.717) is 25.1 Å². The van der Waals surface area contributed by atoms with Crippen molar-refractivity contribution in [2.45, 2.75) is 96.9 Å². The number of esters is 1. The lowest BCUT2D eigenvalue weighted by molar-refractivity contribution is -0.146. The molecule has 0 bridgehead atoms. The topological polar surface area (TPSA) is 71.3 Å². The number of carbonyl (C=O) groups excluding carboxylic acids is 2. The van der Waals surface area contributed by atoms with E-state index in [2.05, 4.69) is 22.6 Å². The number of carbonyl (C=O) groups is 2. The monoisotopic (exact) mass is 499 g/mol. The van der Waals surface area contributed by atoms with Crippen molar-refractivity contribution in [1.82, 2.24) is 4.90 Å². The maximum atomic E-state index is 12.8. The fourth-order valence-corrected chi connectivity index (χ4v) is 5.64. The second-order valence-electron chi connectivity index (χ2n) is 9.38. The summed E-state index contributed by atoms with van der Waals surface area (Å²) in [6.07, 6.45) is 16.5. The van der Waals surface area contributed by atoms with E-state index >= 15 is 0 Å². The summed E-state index contributed by atoms with van der Waals surface area (Å²) in [5, 5.41) is 0. The average Bonchev–Trinajstić information content (AvgIpc) is 3.38. The first-order valence-corrected chi connectivity index (χ1v) is 14.7. The van der Waals surface area contributed by atoms with Gasteiger partial charge in [-0.2, -0.15) is 0 Å². The van der Waals surface area contributed by atoms with Gasteiger partial charge in [-0.1, -0.05) is 70.9 Å². The van der Waals surface area contributed by atoms with Crippen LogP contribution in [-0.4, -0.2) is 41.3 Å². The predicted octanol–water partition coefficient (Wildman–Crippen LogP) is 6.67.